The topological polar surface area (TPSA) is 47.6 Å². The summed E-state index contributed by atoms with van der Waals surface area (Å²) in [7, 11) is 0. The quantitative estimate of drug-likeness (QED) is 0.471. The lowest BCUT2D eigenvalue weighted by Crippen LogP contribution is -2.38. The molecule has 0 spiro atoms. The molecule has 0 aromatic carbocycles. The first kappa shape index (κ1) is 12.1. The van der Waals surface area contributed by atoms with Gasteiger partial charge in [0.25, 0.3) is 5.91 Å². The number of hydrogen-bond acceptors (Lipinski definition) is 3. The molecular formula is C9H17NO3. The van der Waals surface area contributed by atoms with E-state index < -0.39 is 6.29 Å². The third-order valence-corrected chi connectivity index (χ3v) is 1.27. The molecule has 4 heteroatoms. The summed E-state index contributed by atoms with van der Waals surface area (Å²) in [6.45, 7) is 8.44. The summed E-state index contributed by atoms with van der Waals surface area (Å²) >= 11 is 0. The molecule has 0 heterocycles. The van der Waals surface area contributed by atoms with Gasteiger partial charge in [0, 0.05) is 19.8 Å². The van der Waals surface area contributed by atoms with Gasteiger partial charge in [-0.15, -0.1) is 6.58 Å². The van der Waals surface area contributed by atoms with E-state index in [0.29, 0.717) is 19.8 Å². The Labute approximate surface area is 78.9 Å². The molecule has 0 atom stereocenters. The molecule has 1 amide bonds. The standard InChI is InChI=1S/C9H17NO3/c1-4-7-10-8(11)9(12-5-2)13-6-3/h4,9H,1,5-7H2,2-3H3,(H,10,11). The van der Waals surface area contributed by atoms with Crippen LogP contribution < -0.4 is 5.32 Å². The smallest absolute Gasteiger partial charge is 0.277 e. The SMILES string of the molecule is C=CCNC(=O)C(OCC)OCC. The van der Waals surface area contributed by atoms with E-state index in [1.165, 1.54) is 0 Å². The van der Waals surface area contributed by atoms with Crippen LogP contribution in [-0.2, 0) is 14.3 Å². The van der Waals surface area contributed by atoms with E-state index in [2.05, 4.69) is 11.9 Å². The number of carbonyl (C=O) groups excluding carboxylic acids is 1. The monoisotopic (exact) mass is 187 g/mol. The molecule has 0 rings (SSSR count). The first-order valence-electron chi connectivity index (χ1n) is 4.38. The lowest BCUT2D eigenvalue weighted by Gasteiger charge is -2.15. The van der Waals surface area contributed by atoms with Crippen LogP contribution >= 0.6 is 0 Å². The number of amides is 1. The highest BCUT2D eigenvalue weighted by molar-refractivity contribution is 5.79. The molecule has 76 valence electrons. The Morgan fingerprint density at radius 3 is 2.38 bits per heavy atom. The molecule has 0 aromatic rings. The van der Waals surface area contributed by atoms with Gasteiger partial charge in [0.05, 0.1) is 0 Å². The molecule has 0 aromatic heterocycles. The summed E-state index contributed by atoms with van der Waals surface area (Å²) < 4.78 is 10.1. The Hall–Kier alpha value is -0.870. The molecule has 0 saturated heterocycles. The first-order chi connectivity index (χ1) is 6.26. The van der Waals surface area contributed by atoms with Crippen LogP contribution in [0.5, 0.6) is 0 Å². The van der Waals surface area contributed by atoms with E-state index in [1.54, 1.807) is 6.08 Å². The Kier molecular flexibility index (Phi) is 7.24. The van der Waals surface area contributed by atoms with Crippen LogP contribution in [0.4, 0.5) is 0 Å². The van der Waals surface area contributed by atoms with Gasteiger partial charge in [-0.2, -0.15) is 0 Å². The maximum absolute atomic E-state index is 11.3. The van der Waals surface area contributed by atoms with E-state index >= 15 is 0 Å². The van der Waals surface area contributed by atoms with E-state index in [1.807, 2.05) is 13.8 Å². The summed E-state index contributed by atoms with van der Waals surface area (Å²) in [6, 6.07) is 0. The second-order valence-electron chi connectivity index (χ2n) is 2.28. The molecule has 0 aliphatic heterocycles. The minimum Gasteiger partial charge on any atom is -0.348 e. The Balaban J connectivity index is 3.86. The zero-order valence-corrected chi connectivity index (χ0v) is 8.21. The normalized spacial score (nSPS) is 10.1. The van der Waals surface area contributed by atoms with Gasteiger partial charge in [-0.05, 0) is 13.8 Å². The second kappa shape index (κ2) is 7.76. The highest BCUT2D eigenvalue weighted by atomic mass is 16.7. The Morgan fingerprint density at radius 2 is 2.00 bits per heavy atom. The Bertz CT molecular complexity index is 153. The largest absolute Gasteiger partial charge is 0.348 e. The zero-order valence-electron chi connectivity index (χ0n) is 8.21. The van der Waals surface area contributed by atoms with Crippen molar-refractivity contribution < 1.29 is 14.3 Å². The summed E-state index contributed by atoms with van der Waals surface area (Å²) in [5, 5.41) is 2.60. The number of hydrogen-bond donors (Lipinski definition) is 1. The van der Waals surface area contributed by atoms with Crippen molar-refractivity contribution in [2.24, 2.45) is 0 Å². The number of rotatable bonds is 7. The van der Waals surface area contributed by atoms with Crippen molar-refractivity contribution in [3.8, 4) is 0 Å². The fraction of sp³-hybridized carbons (Fsp3) is 0.667. The van der Waals surface area contributed by atoms with Crippen LogP contribution in [0.1, 0.15) is 13.8 Å². The van der Waals surface area contributed by atoms with Gasteiger partial charge in [-0.3, -0.25) is 4.79 Å². The third kappa shape index (κ3) is 5.38. The maximum atomic E-state index is 11.3. The predicted molar refractivity (Wildman–Crippen MR) is 50.2 cm³/mol. The molecule has 13 heavy (non-hydrogen) atoms. The fourth-order valence-electron chi connectivity index (χ4n) is 0.758. The van der Waals surface area contributed by atoms with Crippen molar-refractivity contribution in [3.63, 3.8) is 0 Å². The van der Waals surface area contributed by atoms with E-state index in [9.17, 15) is 4.79 Å². The van der Waals surface area contributed by atoms with Gasteiger partial charge >= 0.3 is 0 Å². The van der Waals surface area contributed by atoms with Crippen LogP contribution in [0.25, 0.3) is 0 Å². The van der Waals surface area contributed by atoms with Crippen LogP contribution in [-0.4, -0.2) is 32.0 Å². The molecule has 0 radical (unpaired) electrons. The lowest BCUT2D eigenvalue weighted by molar-refractivity contribution is -0.169. The van der Waals surface area contributed by atoms with Gasteiger partial charge in [-0.1, -0.05) is 6.08 Å². The van der Waals surface area contributed by atoms with Crippen LogP contribution in [0.2, 0.25) is 0 Å². The fourth-order valence-corrected chi connectivity index (χ4v) is 0.758. The van der Waals surface area contributed by atoms with Crippen LogP contribution in [0.3, 0.4) is 0 Å². The van der Waals surface area contributed by atoms with Crippen molar-refractivity contribution in [1.82, 2.24) is 5.32 Å². The maximum Gasteiger partial charge on any atom is 0.277 e. The predicted octanol–water partition coefficient (Wildman–Crippen LogP) is 0.688. The van der Waals surface area contributed by atoms with Gasteiger partial charge in [-0.25, -0.2) is 0 Å². The average Bonchev–Trinajstić information content (AvgIpc) is 2.14. The number of ether oxygens (including phenoxy) is 2. The highest BCUT2D eigenvalue weighted by Gasteiger charge is 2.17. The Morgan fingerprint density at radius 1 is 1.46 bits per heavy atom. The van der Waals surface area contributed by atoms with Crippen LogP contribution in [0, 0.1) is 0 Å². The minimum absolute atomic E-state index is 0.261. The van der Waals surface area contributed by atoms with Gasteiger partial charge < -0.3 is 14.8 Å². The average molecular weight is 187 g/mol. The summed E-state index contributed by atoms with van der Waals surface area (Å²) in [6.07, 6.45) is 0.808. The molecule has 0 saturated carbocycles. The molecular weight excluding hydrogens is 170 g/mol. The van der Waals surface area contributed by atoms with Crippen molar-refractivity contribution >= 4 is 5.91 Å². The molecule has 0 unspecified atom stereocenters. The molecule has 1 N–H and O–H groups in total. The second-order valence-corrected chi connectivity index (χ2v) is 2.28. The number of nitrogens with one attached hydrogen (secondary N) is 1. The molecule has 4 nitrogen and oxygen atoms in total. The van der Waals surface area contributed by atoms with Crippen molar-refractivity contribution in [1.29, 1.82) is 0 Å². The lowest BCUT2D eigenvalue weighted by atomic mass is 10.5. The van der Waals surface area contributed by atoms with Crippen molar-refractivity contribution in [2.45, 2.75) is 20.1 Å². The molecule has 0 bridgehead atoms. The van der Waals surface area contributed by atoms with Gasteiger partial charge in [0.1, 0.15) is 0 Å². The van der Waals surface area contributed by atoms with Crippen molar-refractivity contribution in [2.75, 3.05) is 19.8 Å². The van der Waals surface area contributed by atoms with E-state index in [-0.39, 0.29) is 5.91 Å². The summed E-state index contributed by atoms with van der Waals surface area (Å²) in [5.41, 5.74) is 0. The summed E-state index contributed by atoms with van der Waals surface area (Å²) in [4.78, 5) is 11.3. The number of carbonyl (C=O) groups is 1. The molecule has 0 aliphatic rings. The van der Waals surface area contributed by atoms with Crippen molar-refractivity contribution in [3.05, 3.63) is 12.7 Å². The van der Waals surface area contributed by atoms with Gasteiger partial charge in [0.15, 0.2) is 0 Å². The minimum atomic E-state index is -0.796. The highest BCUT2D eigenvalue weighted by Crippen LogP contribution is 1.94. The zero-order chi connectivity index (χ0) is 10.1. The third-order valence-electron chi connectivity index (χ3n) is 1.27. The van der Waals surface area contributed by atoms with Crippen LogP contribution in [0.15, 0.2) is 12.7 Å². The summed E-state index contributed by atoms with van der Waals surface area (Å²) in [5.74, 6) is -0.261. The first-order valence-corrected chi connectivity index (χ1v) is 4.38. The molecule has 0 aliphatic carbocycles. The molecule has 0 fully saturated rings. The van der Waals surface area contributed by atoms with E-state index in [4.69, 9.17) is 9.47 Å². The van der Waals surface area contributed by atoms with Gasteiger partial charge in [0.2, 0.25) is 6.29 Å². The van der Waals surface area contributed by atoms with E-state index in [0.717, 1.165) is 0 Å².